The summed E-state index contributed by atoms with van der Waals surface area (Å²) in [6, 6.07) is 1.81. The predicted molar refractivity (Wildman–Crippen MR) is 66.1 cm³/mol. The van der Waals surface area contributed by atoms with E-state index in [0.717, 1.165) is 15.6 Å². The first-order chi connectivity index (χ1) is 6.54. The van der Waals surface area contributed by atoms with Gasteiger partial charge in [-0.25, -0.2) is 0 Å². The van der Waals surface area contributed by atoms with Gasteiger partial charge in [-0.15, -0.1) is 0 Å². The van der Waals surface area contributed by atoms with Crippen molar-refractivity contribution in [2.75, 3.05) is 5.75 Å². The van der Waals surface area contributed by atoms with Crippen LogP contribution in [-0.4, -0.2) is 10.3 Å². The molecular weight excluding hydrogens is 262 g/mol. The number of hydrogen-bond acceptors (Lipinski definition) is 2. The second-order valence-electron chi connectivity index (χ2n) is 3.18. The Bertz CT molecular complexity index is 411. The molecule has 2 nitrogen and oxygen atoms in total. The van der Waals surface area contributed by atoms with Crippen LogP contribution in [0.3, 0.4) is 0 Å². The molecule has 0 unspecified atom stereocenters. The fraction of sp³-hybridized carbons (Fsp3) is 0.300. The van der Waals surface area contributed by atoms with Crippen LogP contribution in [0.4, 0.5) is 0 Å². The molecule has 14 heavy (non-hydrogen) atoms. The second kappa shape index (κ2) is 4.84. The van der Waals surface area contributed by atoms with Crippen molar-refractivity contribution < 1.29 is 0 Å². The van der Waals surface area contributed by atoms with Crippen LogP contribution in [0.5, 0.6) is 0 Å². The summed E-state index contributed by atoms with van der Waals surface area (Å²) in [5, 5.41) is 0. The summed E-state index contributed by atoms with van der Waals surface area (Å²) in [7, 11) is 0. The fourth-order valence-corrected chi connectivity index (χ4v) is 1.84. The molecule has 0 radical (unpaired) electrons. The zero-order valence-electron chi connectivity index (χ0n) is 7.96. The summed E-state index contributed by atoms with van der Waals surface area (Å²) in [6.45, 7) is 6.15. The third kappa shape index (κ3) is 2.75. The van der Waals surface area contributed by atoms with Crippen LogP contribution in [0.25, 0.3) is 0 Å². The molecule has 1 rings (SSSR count). The minimum absolute atomic E-state index is 0.0242. The molecule has 0 fully saturated rings. The Balaban J connectivity index is 3.09. The Morgan fingerprint density at radius 2 is 2.36 bits per heavy atom. The third-order valence-corrected chi connectivity index (χ3v) is 2.73. The van der Waals surface area contributed by atoms with Crippen LogP contribution in [0, 0.1) is 6.92 Å². The molecule has 1 aromatic rings. The van der Waals surface area contributed by atoms with Crippen molar-refractivity contribution in [2.45, 2.75) is 13.5 Å². The van der Waals surface area contributed by atoms with Crippen molar-refractivity contribution >= 4 is 28.6 Å². The van der Waals surface area contributed by atoms with Gasteiger partial charge in [0.25, 0.3) is 5.56 Å². The molecular formula is C10H12BrNOS. The predicted octanol–water partition coefficient (Wildman–Crippen LogP) is 2.41. The van der Waals surface area contributed by atoms with Gasteiger partial charge in [0.05, 0.1) is 0 Å². The van der Waals surface area contributed by atoms with Crippen LogP contribution in [0.2, 0.25) is 0 Å². The highest BCUT2D eigenvalue weighted by Crippen LogP contribution is 2.09. The van der Waals surface area contributed by atoms with Crippen molar-refractivity contribution in [2.24, 2.45) is 0 Å². The number of aryl methyl sites for hydroxylation is 1. The number of aromatic nitrogens is 1. The van der Waals surface area contributed by atoms with E-state index in [0.29, 0.717) is 12.3 Å². The van der Waals surface area contributed by atoms with E-state index in [1.165, 1.54) is 0 Å². The number of halogens is 1. The standard InChI is InChI=1S/C10H12BrNOS/c1-7(6-14)4-12-5-9(11)3-8(2)10(12)13/h3,5,14H,1,4,6H2,2H3. The molecule has 1 aromatic heterocycles. The Morgan fingerprint density at radius 3 is 2.93 bits per heavy atom. The molecule has 0 atom stereocenters. The van der Waals surface area contributed by atoms with Crippen molar-refractivity contribution in [3.8, 4) is 0 Å². The first-order valence-corrected chi connectivity index (χ1v) is 5.61. The lowest BCUT2D eigenvalue weighted by molar-refractivity contribution is 0.741. The van der Waals surface area contributed by atoms with Gasteiger partial charge in [0.2, 0.25) is 0 Å². The molecule has 0 aliphatic rings. The number of pyridine rings is 1. The molecule has 0 bridgehead atoms. The minimum atomic E-state index is 0.0242. The van der Waals surface area contributed by atoms with E-state index in [9.17, 15) is 4.79 Å². The zero-order chi connectivity index (χ0) is 10.7. The second-order valence-corrected chi connectivity index (χ2v) is 4.41. The van der Waals surface area contributed by atoms with Crippen LogP contribution in [0.1, 0.15) is 5.56 Å². The van der Waals surface area contributed by atoms with E-state index in [2.05, 4.69) is 35.1 Å². The van der Waals surface area contributed by atoms with Gasteiger partial charge in [0, 0.05) is 28.5 Å². The molecule has 76 valence electrons. The van der Waals surface area contributed by atoms with Gasteiger partial charge in [-0.2, -0.15) is 12.6 Å². The van der Waals surface area contributed by atoms with Gasteiger partial charge in [0.1, 0.15) is 0 Å². The Hall–Kier alpha value is -0.480. The van der Waals surface area contributed by atoms with E-state index >= 15 is 0 Å². The van der Waals surface area contributed by atoms with Gasteiger partial charge in [0.15, 0.2) is 0 Å². The van der Waals surface area contributed by atoms with Gasteiger partial charge in [-0.05, 0) is 34.5 Å². The van der Waals surface area contributed by atoms with Crippen LogP contribution in [-0.2, 0) is 6.54 Å². The Labute approximate surface area is 97.2 Å². The average Bonchev–Trinajstić information content (AvgIpc) is 2.13. The largest absolute Gasteiger partial charge is 0.310 e. The van der Waals surface area contributed by atoms with Crippen LogP contribution in [0.15, 0.2) is 33.7 Å². The monoisotopic (exact) mass is 273 g/mol. The number of thiol groups is 1. The van der Waals surface area contributed by atoms with Crippen LogP contribution < -0.4 is 5.56 Å². The molecule has 0 amide bonds. The lowest BCUT2D eigenvalue weighted by Gasteiger charge is -2.08. The van der Waals surface area contributed by atoms with E-state index in [1.54, 1.807) is 17.7 Å². The maximum atomic E-state index is 11.6. The van der Waals surface area contributed by atoms with Gasteiger partial charge >= 0.3 is 0 Å². The SMILES string of the molecule is C=C(CS)Cn1cc(Br)cc(C)c1=O. The molecule has 0 aliphatic heterocycles. The maximum absolute atomic E-state index is 11.6. The van der Waals surface area contributed by atoms with Gasteiger partial charge in [-0.1, -0.05) is 6.58 Å². The van der Waals surface area contributed by atoms with Crippen molar-refractivity contribution in [3.63, 3.8) is 0 Å². The summed E-state index contributed by atoms with van der Waals surface area (Å²) in [5.74, 6) is 0.595. The molecule has 0 aromatic carbocycles. The van der Waals surface area contributed by atoms with E-state index in [1.807, 2.05) is 6.07 Å². The van der Waals surface area contributed by atoms with Crippen molar-refractivity contribution in [1.82, 2.24) is 4.57 Å². The summed E-state index contributed by atoms with van der Waals surface area (Å²) in [6.07, 6.45) is 1.77. The molecule has 0 spiro atoms. The van der Waals surface area contributed by atoms with Crippen molar-refractivity contribution in [1.29, 1.82) is 0 Å². The Kier molecular flexibility index (Phi) is 4.01. The molecule has 4 heteroatoms. The molecule has 1 heterocycles. The average molecular weight is 274 g/mol. The minimum Gasteiger partial charge on any atom is -0.310 e. The first-order valence-electron chi connectivity index (χ1n) is 4.18. The summed E-state index contributed by atoms with van der Waals surface area (Å²) in [5.41, 5.74) is 1.68. The highest BCUT2D eigenvalue weighted by Gasteiger charge is 2.02. The number of rotatable bonds is 3. The van der Waals surface area contributed by atoms with E-state index in [-0.39, 0.29) is 5.56 Å². The molecule has 0 N–H and O–H groups in total. The van der Waals surface area contributed by atoms with Gasteiger partial charge < -0.3 is 4.57 Å². The van der Waals surface area contributed by atoms with Crippen molar-refractivity contribution in [3.05, 3.63) is 44.8 Å². The normalized spacial score (nSPS) is 10.2. The lowest BCUT2D eigenvalue weighted by atomic mass is 10.3. The topological polar surface area (TPSA) is 22.0 Å². The summed E-state index contributed by atoms with van der Waals surface area (Å²) >= 11 is 7.46. The summed E-state index contributed by atoms with van der Waals surface area (Å²) in [4.78, 5) is 11.6. The van der Waals surface area contributed by atoms with E-state index < -0.39 is 0 Å². The van der Waals surface area contributed by atoms with Crippen LogP contribution >= 0.6 is 28.6 Å². The highest BCUT2D eigenvalue weighted by molar-refractivity contribution is 9.10. The molecule has 0 saturated carbocycles. The number of nitrogens with zero attached hydrogens (tertiary/aromatic N) is 1. The van der Waals surface area contributed by atoms with Gasteiger partial charge in [-0.3, -0.25) is 4.79 Å². The fourth-order valence-electron chi connectivity index (χ4n) is 1.15. The highest BCUT2D eigenvalue weighted by atomic mass is 79.9. The summed E-state index contributed by atoms with van der Waals surface area (Å²) < 4.78 is 2.54. The molecule has 0 saturated heterocycles. The zero-order valence-corrected chi connectivity index (χ0v) is 10.4. The Morgan fingerprint density at radius 1 is 1.71 bits per heavy atom. The quantitative estimate of drug-likeness (QED) is 0.663. The third-order valence-electron chi connectivity index (χ3n) is 1.85. The number of hydrogen-bond donors (Lipinski definition) is 1. The smallest absolute Gasteiger partial charge is 0.253 e. The first kappa shape index (κ1) is 11.6. The van der Waals surface area contributed by atoms with E-state index in [4.69, 9.17) is 0 Å². The maximum Gasteiger partial charge on any atom is 0.253 e. The molecule has 0 aliphatic carbocycles. The lowest BCUT2D eigenvalue weighted by Crippen LogP contribution is -2.22.